The summed E-state index contributed by atoms with van der Waals surface area (Å²) in [5.41, 5.74) is 0. The molecule has 1 aromatic heterocycles. The van der Waals surface area contributed by atoms with E-state index in [1.54, 1.807) is 18.0 Å². The minimum absolute atomic E-state index is 0.945. The molecule has 0 aliphatic heterocycles. The van der Waals surface area contributed by atoms with Crippen molar-refractivity contribution >= 4 is 16.8 Å². The first-order valence-electron chi connectivity index (χ1n) is 3.89. The zero-order valence-corrected chi connectivity index (χ0v) is 8.23. The topological polar surface area (TPSA) is 25.5 Å². The van der Waals surface area contributed by atoms with Gasteiger partial charge in [0, 0.05) is 19.9 Å². The van der Waals surface area contributed by atoms with Gasteiger partial charge in [-0.05, 0) is 18.4 Å². The quantitative estimate of drug-likeness (QED) is 0.531. The van der Waals surface area contributed by atoms with Crippen LogP contribution in [-0.2, 0) is 6.42 Å². The Hall–Kier alpha value is -0.700. The van der Waals surface area contributed by atoms with Gasteiger partial charge in [0.2, 0.25) is 0 Å². The molecular weight excluding hydrogens is 170 g/mol. The van der Waals surface area contributed by atoms with Gasteiger partial charge in [-0.3, -0.25) is 4.99 Å². The second-order valence-electron chi connectivity index (χ2n) is 2.40. The first kappa shape index (κ1) is 9.39. The average Bonchev–Trinajstić information content (AvgIpc) is 2.59. The molecule has 0 saturated carbocycles. The number of rotatable bonds is 3. The van der Waals surface area contributed by atoms with Gasteiger partial charge in [0.25, 0.3) is 0 Å². The molecule has 0 bridgehead atoms. The van der Waals surface area contributed by atoms with E-state index >= 15 is 0 Å². The SMILES string of the molecule is CN=C(CCc1ccco1)SC. The third-order valence-electron chi connectivity index (χ3n) is 1.65. The molecule has 0 saturated heterocycles. The first-order chi connectivity index (χ1) is 5.86. The maximum absolute atomic E-state index is 5.21. The van der Waals surface area contributed by atoms with Crippen molar-refractivity contribution < 1.29 is 4.42 Å². The second kappa shape index (κ2) is 5.04. The number of hydrogen-bond acceptors (Lipinski definition) is 3. The van der Waals surface area contributed by atoms with E-state index in [1.165, 1.54) is 5.04 Å². The fourth-order valence-electron chi connectivity index (χ4n) is 0.990. The predicted molar refractivity (Wildman–Crippen MR) is 53.9 cm³/mol. The van der Waals surface area contributed by atoms with Crippen LogP contribution in [0.1, 0.15) is 12.2 Å². The molecule has 66 valence electrons. The van der Waals surface area contributed by atoms with Crippen molar-refractivity contribution in [3.8, 4) is 0 Å². The molecule has 2 nitrogen and oxygen atoms in total. The summed E-state index contributed by atoms with van der Waals surface area (Å²) in [4.78, 5) is 4.14. The van der Waals surface area contributed by atoms with Gasteiger partial charge in [-0.15, -0.1) is 11.8 Å². The largest absolute Gasteiger partial charge is 0.469 e. The van der Waals surface area contributed by atoms with Crippen LogP contribution in [-0.4, -0.2) is 18.3 Å². The molecule has 1 aromatic rings. The summed E-state index contributed by atoms with van der Waals surface area (Å²) in [7, 11) is 1.83. The Kier molecular flexibility index (Phi) is 3.94. The molecule has 1 rings (SSSR count). The van der Waals surface area contributed by atoms with Crippen molar-refractivity contribution in [1.82, 2.24) is 0 Å². The van der Waals surface area contributed by atoms with E-state index in [9.17, 15) is 0 Å². The van der Waals surface area contributed by atoms with Gasteiger partial charge in [-0.2, -0.15) is 0 Å². The molecule has 0 aliphatic rings. The molecule has 1 heterocycles. The summed E-state index contributed by atoms with van der Waals surface area (Å²) in [6, 6.07) is 3.91. The monoisotopic (exact) mass is 183 g/mol. The lowest BCUT2D eigenvalue weighted by Crippen LogP contribution is -1.93. The number of hydrogen-bond donors (Lipinski definition) is 0. The van der Waals surface area contributed by atoms with Crippen molar-refractivity contribution in [2.24, 2.45) is 4.99 Å². The highest BCUT2D eigenvalue weighted by atomic mass is 32.2. The molecular formula is C9H13NOS. The molecule has 0 aromatic carbocycles. The molecule has 0 fully saturated rings. The fraction of sp³-hybridized carbons (Fsp3) is 0.444. The Morgan fingerprint density at radius 3 is 3.00 bits per heavy atom. The molecule has 0 aliphatic carbocycles. The maximum atomic E-state index is 5.21. The summed E-state index contributed by atoms with van der Waals surface area (Å²) >= 11 is 1.70. The number of nitrogens with zero attached hydrogens (tertiary/aromatic N) is 1. The van der Waals surface area contributed by atoms with Crippen LogP contribution in [0.15, 0.2) is 27.8 Å². The van der Waals surface area contributed by atoms with Crippen LogP contribution in [0.25, 0.3) is 0 Å². The van der Waals surface area contributed by atoms with Crippen molar-refractivity contribution in [2.45, 2.75) is 12.8 Å². The number of thioether (sulfide) groups is 1. The lowest BCUT2D eigenvalue weighted by molar-refractivity contribution is 0.512. The van der Waals surface area contributed by atoms with Crippen LogP contribution in [0, 0.1) is 0 Å². The van der Waals surface area contributed by atoms with Gasteiger partial charge < -0.3 is 4.42 Å². The summed E-state index contributed by atoms with van der Waals surface area (Å²) in [5.74, 6) is 1.03. The van der Waals surface area contributed by atoms with Crippen molar-refractivity contribution in [1.29, 1.82) is 0 Å². The van der Waals surface area contributed by atoms with Gasteiger partial charge in [0.15, 0.2) is 0 Å². The summed E-state index contributed by atoms with van der Waals surface area (Å²) in [5, 5.41) is 1.17. The normalized spacial score (nSPS) is 12.0. The molecule has 0 N–H and O–H groups in total. The Balaban J connectivity index is 2.35. The summed E-state index contributed by atoms with van der Waals surface area (Å²) in [6.07, 6.45) is 5.67. The third-order valence-corrected chi connectivity index (χ3v) is 2.51. The van der Waals surface area contributed by atoms with Crippen LogP contribution >= 0.6 is 11.8 Å². The van der Waals surface area contributed by atoms with Crippen LogP contribution in [0.4, 0.5) is 0 Å². The van der Waals surface area contributed by atoms with E-state index in [-0.39, 0.29) is 0 Å². The van der Waals surface area contributed by atoms with Crippen LogP contribution in [0.5, 0.6) is 0 Å². The second-order valence-corrected chi connectivity index (χ2v) is 3.28. The van der Waals surface area contributed by atoms with E-state index in [2.05, 4.69) is 4.99 Å². The maximum Gasteiger partial charge on any atom is 0.104 e. The van der Waals surface area contributed by atoms with E-state index in [0.717, 1.165) is 18.6 Å². The zero-order chi connectivity index (χ0) is 8.81. The van der Waals surface area contributed by atoms with Crippen molar-refractivity contribution in [3.05, 3.63) is 24.2 Å². The van der Waals surface area contributed by atoms with Crippen molar-refractivity contribution in [3.63, 3.8) is 0 Å². The average molecular weight is 183 g/mol. The minimum Gasteiger partial charge on any atom is -0.469 e. The number of aliphatic imine (C=N–C) groups is 1. The van der Waals surface area contributed by atoms with E-state index < -0.39 is 0 Å². The molecule has 0 unspecified atom stereocenters. The zero-order valence-electron chi connectivity index (χ0n) is 7.41. The van der Waals surface area contributed by atoms with Gasteiger partial charge in [0.05, 0.1) is 11.3 Å². The van der Waals surface area contributed by atoms with Crippen LogP contribution in [0.2, 0.25) is 0 Å². The molecule has 0 amide bonds. The molecule has 0 spiro atoms. The van der Waals surface area contributed by atoms with Crippen molar-refractivity contribution in [2.75, 3.05) is 13.3 Å². The van der Waals surface area contributed by atoms with Gasteiger partial charge in [0.1, 0.15) is 5.76 Å². The Labute approximate surface area is 77.1 Å². The standard InChI is InChI=1S/C9H13NOS/c1-10-9(12-2)6-5-8-4-3-7-11-8/h3-4,7H,5-6H2,1-2H3. The van der Waals surface area contributed by atoms with Crippen LogP contribution in [0.3, 0.4) is 0 Å². The number of aryl methyl sites for hydroxylation is 1. The smallest absolute Gasteiger partial charge is 0.104 e. The summed E-state index contributed by atoms with van der Waals surface area (Å²) < 4.78 is 5.21. The van der Waals surface area contributed by atoms with Gasteiger partial charge >= 0.3 is 0 Å². The van der Waals surface area contributed by atoms with E-state index in [4.69, 9.17) is 4.42 Å². The Morgan fingerprint density at radius 1 is 1.67 bits per heavy atom. The molecule has 3 heteroatoms. The Morgan fingerprint density at radius 2 is 2.50 bits per heavy atom. The fourth-order valence-corrected chi connectivity index (χ4v) is 1.48. The predicted octanol–water partition coefficient (Wildman–Crippen LogP) is 2.60. The van der Waals surface area contributed by atoms with E-state index in [0.29, 0.717) is 0 Å². The highest BCUT2D eigenvalue weighted by Crippen LogP contribution is 2.09. The highest BCUT2D eigenvalue weighted by Gasteiger charge is 1.99. The Bertz CT molecular complexity index is 241. The van der Waals surface area contributed by atoms with Gasteiger partial charge in [-0.1, -0.05) is 0 Å². The third kappa shape index (κ3) is 2.74. The molecule has 12 heavy (non-hydrogen) atoms. The van der Waals surface area contributed by atoms with Crippen LogP contribution < -0.4 is 0 Å². The highest BCUT2D eigenvalue weighted by molar-refractivity contribution is 8.13. The first-order valence-corrected chi connectivity index (χ1v) is 5.11. The lowest BCUT2D eigenvalue weighted by atomic mass is 10.3. The summed E-state index contributed by atoms with van der Waals surface area (Å²) in [6.45, 7) is 0. The molecule has 0 radical (unpaired) electrons. The lowest BCUT2D eigenvalue weighted by Gasteiger charge is -1.98. The van der Waals surface area contributed by atoms with Gasteiger partial charge in [-0.25, -0.2) is 0 Å². The molecule has 0 atom stereocenters. The van der Waals surface area contributed by atoms with E-state index in [1.807, 2.05) is 25.4 Å². The minimum atomic E-state index is 0.945. The number of furan rings is 1.